The topological polar surface area (TPSA) is 35.2 Å². The minimum atomic E-state index is -0.275. The van der Waals surface area contributed by atoms with Crippen molar-refractivity contribution in [1.29, 1.82) is 0 Å². The van der Waals surface area contributed by atoms with Crippen molar-refractivity contribution in [3.05, 3.63) is 29.6 Å². The minimum absolute atomic E-state index is 0.211. The zero-order chi connectivity index (χ0) is 12.0. The Bertz CT molecular complexity index is 328. The number of ether oxygens (including phenoxy) is 1. The Morgan fingerprint density at radius 3 is 2.69 bits per heavy atom. The van der Waals surface area contributed by atoms with Gasteiger partial charge in [0.1, 0.15) is 11.6 Å². The van der Waals surface area contributed by atoms with Gasteiger partial charge in [0.25, 0.3) is 0 Å². The molecule has 1 atom stereocenters. The lowest BCUT2D eigenvalue weighted by molar-refractivity contribution is 0.410. The fourth-order valence-electron chi connectivity index (χ4n) is 1.71. The van der Waals surface area contributed by atoms with E-state index in [-0.39, 0.29) is 11.9 Å². The summed E-state index contributed by atoms with van der Waals surface area (Å²) in [5, 5.41) is 0. The fraction of sp³-hybridized carbons (Fsp3) is 0.538. The number of halogens is 1. The van der Waals surface area contributed by atoms with E-state index in [9.17, 15) is 4.39 Å². The van der Waals surface area contributed by atoms with Gasteiger partial charge in [0.15, 0.2) is 0 Å². The number of hydrogen-bond donors (Lipinski definition) is 1. The Kier molecular flexibility index (Phi) is 5.26. The van der Waals surface area contributed by atoms with Crippen LogP contribution in [0.4, 0.5) is 4.39 Å². The van der Waals surface area contributed by atoms with Crippen LogP contribution in [0, 0.1) is 5.82 Å². The minimum Gasteiger partial charge on any atom is -0.497 e. The van der Waals surface area contributed by atoms with Crippen LogP contribution in [0.15, 0.2) is 18.2 Å². The van der Waals surface area contributed by atoms with Crippen LogP contribution in [0.1, 0.15) is 44.2 Å². The molecule has 0 aliphatic carbocycles. The molecule has 0 aliphatic heterocycles. The average molecular weight is 225 g/mol. The van der Waals surface area contributed by atoms with E-state index in [1.807, 2.05) is 0 Å². The monoisotopic (exact) mass is 225 g/mol. The molecule has 90 valence electrons. The highest BCUT2D eigenvalue weighted by Crippen LogP contribution is 2.23. The summed E-state index contributed by atoms with van der Waals surface area (Å²) in [6.45, 7) is 2.14. The molecular formula is C13H20FNO. The van der Waals surface area contributed by atoms with Gasteiger partial charge >= 0.3 is 0 Å². The smallest absolute Gasteiger partial charge is 0.131 e. The molecule has 3 heteroatoms. The molecule has 0 radical (unpaired) electrons. The molecule has 0 aliphatic rings. The summed E-state index contributed by atoms with van der Waals surface area (Å²) in [6.07, 6.45) is 4.17. The molecule has 1 rings (SSSR count). The molecule has 0 saturated heterocycles. The first-order valence-electron chi connectivity index (χ1n) is 5.78. The molecule has 1 aromatic carbocycles. The molecule has 1 aromatic rings. The molecule has 0 saturated carbocycles. The lowest BCUT2D eigenvalue weighted by atomic mass is 10.0. The maximum absolute atomic E-state index is 13.6. The molecular weight excluding hydrogens is 205 g/mol. The van der Waals surface area contributed by atoms with Crippen LogP contribution in [-0.2, 0) is 0 Å². The van der Waals surface area contributed by atoms with Crippen molar-refractivity contribution in [3.63, 3.8) is 0 Å². The second kappa shape index (κ2) is 6.48. The maximum atomic E-state index is 13.6. The summed E-state index contributed by atoms with van der Waals surface area (Å²) >= 11 is 0. The number of benzene rings is 1. The van der Waals surface area contributed by atoms with E-state index in [0.717, 1.165) is 25.7 Å². The summed E-state index contributed by atoms with van der Waals surface area (Å²) in [6, 6.07) is 4.63. The van der Waals surface area contributed by atoms with Crippen molar-refractivity contribution in [2.75, 3.05) is 7.11 Å². The predicted octanol–water partition coefficient (Wildman–Crippen LogP) is 3.41. The second-order valence-corrected chi connectivity index (χ2v) is 3.99. The molecule has 2 N–H and O–H groups in total. The first kappa shape index (κ1) is 13.0. The van der Waals surface area contributed by atoms with Gasteiger partial charge < -0.3 is 10.5 Å². The van der Waals surface area contributed by atoms with Crippen molar-refractivity contribution in [2.45, 2.75) is 38.6 Å². The zero-order valence-corrected chi connectivity index (χ0v) is 10.0. The largest absolute Gasteiger partial charge is 0.497 e. The number of unbranched alkanes of at least 4 members (excludes halogenated alkanes) is 2. The van der Waals surface area contributed by atoms with Crippen molar-refractivity contribution in [1.82, 2.24) is 0 Å². The Morgan fingerprint density at radius 1 is 1.38 bits per heavy atom. The van der Waals surface area contributed by atoms with Crippen LogP contribution in [0.25, 0.3) is 0 Å². The van der Waals surface area contributed by atoms with E-state index < -0.39 is 0 Å². The Labute approximate surface area is 96.6 Å². The van der Waals surface area contributed by atoms with E-state index in [2.05, 4.69) is 6.92 Å². The zero-order valence-electron chi connectivity index (χ0n) is 10.0. The summed E-state index contributed by atoms with van der Waals surface area (Å²) in [4.78, 5) is 0. The van der Waals surface area contributed by atoms with Crippen LogP contribution in [0.3, 0.4) is 0 Å². The normalized spacial score (nSPS) is 12.5. The van der Waals surface area contributed by atoms with E-state index in [4.69, 9.17) is 10.5 Å². The molecule has 16 heavy (non-hydrogen) atoms. The third kappa shape index (κ3) is 3.49. The number of rotatable bonds is 6. The standard InChI is InChI=1S/C13H20FNO/c1-3-4-5-6-13(15)11-8-7-10(16-2)9-12(11)14/h7-9,13H,3-6,15H2,1-2H3. The first-order chi connectivity index (χ1) is 7.69. The van der Waals surface area contributed by atoms with Crippen molar-refractivity contribution in [3.8, 4) is 5.75 Å². The number of nitrogens with two attached hydrogens (primary N) is 1. The van der Waals surface area contributed by atoms with Crippen molar-refractivity contribution < 1.29 is 9.13 Å². The Balaban J connectivity index is 2.64. The molecule has 1 unspecified atom stereocenters. The van der Waals surface area contributed by atoms with Gasteiger partial charge in [-0.1, -0.05) is 32.3 Å². The number of methoxy groups -OCH3 is 1. The lowest BCUT2D eigenvalue weighted by Crippen LogP contribution is -2.12. The van der Waals surface area contributed by atoms with E-state index >= 15 is 0 Å². The van der Waals surface area contributed by atoms with Gasteiger partial charge in [-0.25, -0.2) is 4.39 Å². The van der Waals surface area contributed by atoms with E-state index in [1.165, 1.54) is 13.2 Å². The molecule has 0 aromatic heterocycles. The van der Waals surface area contributed by atoms with Gasteiger partial charge in [0.2, 0.25) is 0 Å². The first-order valence-corrected chi connectivity index (χ1v) is 5.78. The fourth-order valence-corrected chi connectivity index (χ4v) is 1.71. The molecule has 0 heterocycles. The van der Waals surface area contributed by atoms with Gasteiger partial charge in [0.05, 0.1) is 7.11 Å². The van der Waals surface area contributed by atoms with Gasteiger partial charge in [-0.15, -0.1) is 0 Å². The van der Waals surface area contributed by atoms with Gasteiger partial charge in [0, 0.05) is 17.7 Å². The molecule has 0 amide bonds. The molecule has 0 spiro atoms. The summed E-state index contributed by atoms with van der Waals surface area (Å²) in [7, 11) is 1.52. The highest BCUT2D eigenvalue weighted by molar-refractivity contribution is 5.30. The van der Waals surface area contributed by atoms with Gasteiger partial charge in [-0.2, -0.15) is 0 Å². The maximum Gasteiger partial charge on any atom is 0.131 e. The van der Waals surface area contributed by atoms with Crippen molar-refractivity contribution in [2.24, 2.45) is 5.73 Å². The van der Waals surface area contributed by atoms with Crippen LogP contribution in [0.2, 0.25) is 0 Å². The van der Waals surface area contributed by atoms with Gasteiger partial charge in [-0.3, -0.25) is 0 Å². The van der Waals surface area contributed by atoms with Crippen LogP contribution in [0.5, 0.6) is 5.75 Å². The lowest BCUT2D eigenvalue weighted by Gasteiger charge is -2.13. The molecule has 0 bridgehead atoms. The molecule has 2 nitrogen and oxygen atoms in total. The third-order valence-corrected chi connectivity index (χ3v) is 2.73. The van der Waals surface area contributed by atoms with Crippen LogP contribution < -0.4 is 10.5 Å². The summed E-state index contributed by atoms with van der Waals surface area (Å²) in [5.41, 5.74) is 6.53. The third-order valence-electron chi connectivity index (χ3n) is 2.73. The predicted molar refractivity (Wildman–Crippen MR) is 64.0 cm³/mol. The SMILES string of the molecule is CCCCCC(N)c1ccc(OC)cc1F. The average Bonchev–Trinajstić information content (AvgIpc) is 2.29. The highest BCUT2D eigenvalue weighted by Gasteiger charge is 2.11. The van der Waals surface area contributed by atoms with E-state index in [0.29, 0.717) is 11.3 Å². The second-order valence-electron chi connectivity index (χ2n) is 3.99. The Morgan fingerprint density at radius 2 is 2.12 bits per heavy atom. The molecule has 0 fully saturated rings. The number of hydrogen-bond acceptors (Lipinski definition) is 2. The Hall–Kier alpha value is -1.09. The van der Waals surface area contributed by atoms with Crippen molar-refractivity contribution >= 4 is 0 Å². The van der Waals surface area contributed by atoms with Gasteiger partial charge in [-0.05, 0) is 12.5 Å². The highest BCUT2D eigenvalue weighted by atomic mass is 19.1. The summed E-state index contributed by atoms with van der Waals surface area (Å²) < 4.78 is 18.6. The van der Waals surface area contributed by atoms with E-state index in [1.54, 1.807) is 12.1 Å². The van der Waals surface area contributed by atoms with Crippen LogP contribution in [-0.4, -0.2) is 7.11 Å². The quantitative estimate of drug-likeness (QED) is 0.753. The summed E-state index contributed by atoms with van der Waals surface area (Å²) in [5.74, 6) is 0.255. The van der Waals surface area contributed by atoms with Crippen LogP contribution >= 0.6 is 0 Å².